The number of hydrogen-bond donors (Lipinski definition) is 1. The quantitative estimate of drug-likeness (QED) is 0.863. The molecule has 88 valence electrons. The number of methoxy groups -OCH3 is 1. The van der Waals surface area contributed by atoms with Crippen LogP contribution in [0.15, 0.2) is 24.3 Å². The molecule has 0 bridgehead atoms. The first-order valence-corrected chi connectivity index (χ1v) is 5.06. The first-order valence-electron chi connectivity index (χ1n) is 5.06. The zero-order valence-electron chi connectivity index (χ0n) is 9.57. The Labute approximate surface area is 98.3 Å². The van der Waals surface area contributed by atoms with E-state index in [1.54, 1.807) is 25.1 Å². The Morgan fingerprint density at radius 2 is 2.06 bits per heavy atom. The summed E-state index contributed by atoms with van der Waals surface area (Å²) in [7, 11) is 1.49. The lowest BCUT2D eigenvalue weighted by molar-refractivity contribution is 0.398. The minimum atomic E-state index is -0.279. The molecule has 0 aliphatic heterocycles. The molecule has 0 saturated carbocycles. The molecule has 2 rings (SSSR count). The van der Waals surface area contributed by atoms with Gasteiger partial charge in [0.2, 0.25) is 11.8 Å². The Hall–Kier alpha value is -2.17. The van der Waals surface area contributed by atoms with Crippen molar-refractivity contribution in [3.63, 3.8) is 0 Å². The Morgan fingerprint density at radius 3 is 2.76 bits per heavy atom. The summed E-state index contributed by atoms with van der Waals surface area (Å²) in [6, 6.07) is 6.43. The number of nitrogen functional groups attached to an aromatic ring is 1. The van der Waals surface area contributed by atoms with E-state index in [1.807, 2.05) is 0 Å². The monoisotopic (exact) mass is 233 g/mol. The number of rotatable bonds is 2. The summed E-state index contributed by atoms with van der Waals surface area (Å²) < 4.78 is 18.4. The van der Waals surface area contributed by atoms with Gasteiger partial charge < -0.3 is 10.5 Å². The Balaban J connectivity index is 2.60. The van der Waals surface area contributed by atoms with Crippen molar-refractivity contribution < 1.29 is 9.13 Å². The fraction of sp³-hybridized carbons (Fsp3) is 0.167. The number of aromatic nitrogens is 2. The van der Waals surface area contributed by atoms with Crippen LogP contribution in [0, 0.1) is 12.7 Å². The molecule has 0 unspecified atom stereocenters. The highest BCUT2D eigenvalue weighted by Crippen LogP contribution is 2.26. The molecule has 5 heteroatoms. The van der Waals surface area contributed by atoms with Crippen molar-refractivity contribution in [1.29, 1.82) is 0 Å². The number of nitrogens with two attached hydrogens (primary N) is 1. The van der Waals surface area contributed by atoms with Crippen LogP contribution in [0.3, 0.4) is 0 Å². The van der Waals surface area contributed by atoms with Crippen LogP contribution in [0.25, 0.3) is 11.3 Å². The molecule has 1 heterocycles. The first kappa shape index (κ1) is 11.3. The molecular weight excluding hydrogens is 221 g/mol. The molecule has 2 N–H and O–H groups in total. The van der Waals surface area contributed by atoms with Gasteiger partial charge in [-0.25, -0.2) is 9.37 Å². The lowest BCUT2D eigenvalue weighted by Crippen LogP contribution is -2.00. The lowest BCUT2D eigenvalue weighted by atomic mass is 10.1. The largest absolute Gasteiger partial charge is 0.481 e. The predicted molar refractivity (Wildman–Crippen MR) is 63.1 cm³/mol. The van der Waals surface area contributed by atoms with E-state index in [0.29, 0.717) is 22.7 Å². The van der Waals surface area contributed by atoms with Gasteiger partial charge in [-0.05, 0) is 18.6 Å². The normalized spacial score (nSPS) is 10.3. The van der Waals surface area contributed by atoms with Gasteiger partial charge in [0.25, 0.3) is 0 Å². The zero-order chi connectivity index (χ0) is 12.4. The summed E-state index contributed by atoms with van der Waals surface area (Å²) in [5, 5.41) is 0. The predicted octanol–water partition coefficient (Wildman–Crippen LogP) is 2.18. The van der Waals surface area contributed by atoms with Crippen LogP contribution in [0.5, 0.6) is 5.88 Å². The average Bonchev–Trinajstić information content (AvgIpc) is 2.31. The molecule has 17 heavy (non-hydrogen) atoms. The molecular formula is C12H12FN3O. The molecule has 0 fully saturated rings. The van der Waals surface area contributed by atoms with Crippen LogP contribution in [0.4, 0.5) is 10.3 Å². The number of hydrogen-bond acceptors (Lipinski definition) is 4. The topological polar surface area (TPSA) is 61.0 Å². The Bertz CT molecular complexity index is 557. The number of halogens is 1. The maximum Gasteiger partial charge on any atom is 0.223 e. The molecule has 0 atom stereocenters. The fourth-order valence-electron chi connectivity index (χ4n) is 1.57. The molecule has 1 aromatic heterocycles. The van der Waals surface area contributed by atoms with Gasteiger partial charge in [-0.3, -0.25) is 0 Å². The Morgan fingerprint density at radius 1 is 1.29 bits per heavy atom. The fourth-order valence-corrected chi connectivity index (χ4v) is 1.57. The summed E-state index contributed by atoms with van der Waals surface area (Å²) in [4.78, 5) is 7.95. The second-order valence-electron chi connectivity index (χ2n) is 3.57. The van der Waals surface area contributed by atoms with E-state index < -0.39 is 0 Å². The molecule has 2 aromatic rings. The molecule has 0 radical (unpaired) electrons. The third-order valence-electron chi connectivity index (χ3n) is 2.47. The van der Waals surface area contributed by atoms with Crippen LogP contribution in [0.2, 0.25) is 0 Å². The minimum absolute atomic E-state index is 0.100. The Kier molecular flexibility index (Phi) is 2.91. The number of ether oxygens (including phenoxy) is 1. The van der Waals surface area contributed by atoms with Crippen molar-refractivity contribution in [2.75, 3.05) is 12.8 Å². The van der Waals surface area contributed by atoms with E-state index in [9.17, 15) is 4.39 Å². The number of benzene rings is 1. The van der Waals surface area contributed by atoms with E-state index in [4.69, 9.17) is 10.5 Å². The van der Waals surface area contributed by atoms with Crippen molar-refractivity contribution in [2.45, 2.75) is 6.92 Å². The van der Waals surface area contributed by atoms with Gasteiger partial charge in [0, 0.05) is 11.6 Å². The van der Waals surface area contributed by atoms with Crippen LogP contribution >= 0.6 is 0 Å². The highest BCUT2D eigenvalue weighted by atomic mass is 19.1. The van der Waals surface area contributed by atoms with Gasteiger partial charge in [-0.2, -0.15) is 4.98 Å². The van der Waals surface area contributed by atoms with Crippen LogP contribution < -0.4 is 10.5 Å². The second kappa shape index (κ2) is 4.37. The van der Waals surface area contributed by atoms with Crippen LogP contribution in [-0.4, -0.2) is 17.1 Å². The molecule has 0 amide bonds. The molecule has 0 aliphatic rings. The molecule has 0 spiro atoms. The maximum atomic E-state index is 13.4. The SMILES string of the molecule is COc1cc(-c2cccc(F)c2C)nc(N)n1. The highest BCUT2D eigenvalue weighted by Gasteiger charge is 2.09. The lowest BCUT2D eigenvalue weighted by Gasteiger charge is -2.08. The van der Waals surface area contributed by atoms with Gasteiger partial charge in [0.15, 0.2) is 0 Å². The standard InChI is InChI=1S/C12H12FN3O/c1-7-8(4-3-5-9(7)13)10-6-11(17-2)16-12(14)15-10/h3-6H,1-2H3,(H2,14,15,16). The van der Waals surface area contributed by atoms with Crippen molar-refractivity contribution in [3.05, 3.63) is 35.6 Å². The van der Waals surface area contributed by atoms with Crippen LogP contribution in [0.1, 0.15) is 5.56 Å². The summed E-state index contributed by atoms with van der Waals surface area (Å²) in [5.74, 6) is 0.179. The van der Waals surface area contributed by atoms with E-state index >= 15 is 0 Å². The summed E-state index contributed by atoms with van der Waals surface area (Å²) in [5.41, 5.74) is 7.31. The smallest absolute Gasteiger partial charge is 0.223 e. The van der Waals surface area contributed by atoms with Crippen molar-refractivity contribution in [3.8, 4) is 17.1 Å². The second-order valence-corrected chi connectivity index (χ2v) is 3.57. The van der Waals surface area contributed by atoms with Gasteiger partial charge >= 0.3 is 0 Å². The van der Waals surface area contributed by atoms with Crippen molar-refractivity contribution in [1.82, 2.24) is 9.97 Å². The average molecular weight is 233 g/mol. The van der Waals surface area contributed by atoms with E-state index in [1.165, 1.54) is 13.2 Å². The number of anilines is 1. The summed E-state index contributed by atoms with van der Waals surface area (Å²) in [6.07, 6.45) is 0. The van der Waals surface area contributed by atoms with Crippen molar-refractivity contribution >= 4 is 5.95 Å². The highest BCUT2D eigenvalue weighted by molar-refractivity contribution is 5.65. The van der Waals surface area contributed by atoms with Gasteiger partial charge in [-0.1, -0.05) is 12.1 Å². The first-order chi connectivity index (χ1) is 8.11. The zero-order valence-corrected chi connectivity index (χ0v) is 9.57. The van der Waals surface area contributed by atoms with E-state index in [0.717, 1.165) is 0 Å². The van der Waals surface area contributed by atoms with E-state index in [2.05, 4.69) is 9.97 Å². The van der Waals surface area contributed by atoms with Gasteiger partial charge in [-0.15, -0.1) is 0 Å². The minimum Gasteiger partial charge on any atom is -0.481 e. The molecule has 1 aromatic carbocycles. The third-order valence-corrected chi connectivity index (χ3v) is 2.47. The molecule has 0 saturated heterocycles. The molecule has 0 aliphatic carbocycles. The van der Waals surface area contributed by atoms with E-state index in [-0.39, 0.29) is 11.8 Å². The van der Waals surface area contributed by atoms with Crippen molar-refractivity contribution in [2.24, 2.45) is 0 Å². The van der Waals surface area contributed by atoms with Gasteiger partial charge in [0.05, 0.1) is 12.8 Å². The summed E-state index contributed by atoms with van der Waals surface area (Å²) in [6.45, 7) is 1.69. The van der Waals surface area contributed by atoms with Gasteiger partial charge in [0.1, 0.15) is 5.82 Å². The number of nitrogens with zero attached hydrogens (tertiary/aromatic N) is 2. The van der Waals surface area contributed by atoms with Crippen LogP contribution in [-0.2, 0) is 0 Å². The maximum absolute atomic E-state index is 13.4. The third kappa shape index (κ3) is 2.18. The summed E-state index contributed by atoms with van der Waals surface area (Å²) >= 11 is 0. The molecule has 4 nitrogen and oxygen atoms in total.